The summed E-state index contributed by atoms with van der Waals surface area (Å²) in [6, 6.07) is 6.77. The predicted molar refractivity (Wildman–Crippen MR) is 89.0 cm³/mol. The lowest BCUT2D eigenvalue weighted by molar-refractivity contribution is -0.181. The Kier molecular flexibility index (Phi) is 6.59. The highest BCUT2D eigenvalue weighted by Gasteiger charge is 2.44. The van der Waals surface area contributed by atoms with Gasteiger partial charge in [0.15, 0.2) is 12.2 Å². The van der Waals surface area contributed by atoms with Crippen LogP contribution in [0.4, 0.5) is 5.69 Å². The van der Waals surface area contributed by atoms with E-state index in [1.807, 2.05) is 24.3 Å². The summed E-state index contributed by atoms with van der Waals surface area (Å²) >= 11 is 3.38. The van der Waals surface area contributed by atoms with Gasteiger partial charge in [-0.25, -0.2) is 9.90 Å². The average Bonchev–Trinajstić information content (AvgIpc) is 2.62. The van der Waals surface area contributed by atoms with Crippen LogP contribution in [-0.2, 0) is 28.6 Å². The first-order chi connectivity index (χ1) is 11.5. The summed E-state index contributed by atoms with van der Waals surface area (Å²) < 4.78 is 15.7. The highest BCUT2D eigenvalue weighted by molar-refractivity contribution is 9.10. The highest BCUT2D eigenvalue weighted by Crippen LogP contribution is 2.32. The zero-order valence-corrected chi connectivity index (χ0v) is 15.3. The second-order valence-electron chi connectivity index (χ2n) is 5.24. The Labute approximate surface area is 148 Å². The molecule has 1 aliphatic heterocycles. The molecule has 0 N–H and O–H groups in total. The minimum atomic E-state index is -1.11. The number of rotatable bonds is 5. The lowest BCUT2D eigenvalue weighted by Crippen LogP contribution is -2.52. The zero-order valence-electron chi connectivity index (χ0n) is 13.7. The monoisotopic (exact) mass is 401 g/mol. The van der Waals surface area contributed by atoms with Crippen molar-refractivity contribution < 1.29 is 28.6 Å². The summed E-state index contributed by atoms with van der Waals surface area (Å²) in [5.74, 6) is -2.43. The quantitative estimate of drug-likeness (QED) is 0.553. The van der Waals surface area contributed by atoms with Crippen LogP contribution in [0.5, 0.6) is 0 Å². The Hall–Kier alpha value is -1.64. The Balaban J connectivity index is 2.37. The molecule has 0 radical (unpaired) electrons. The minimum Gasteiger partial charge on any atom is -0.468 e. The molecule has 1 fully saturated rings. The van der Waals surface area contributed by atoms with Crippen molar-refractivity contribution in [2.24, 2.45) is 5.92 Å². The van der Waals surface area contributed by atoms with Crippen LogP contribution in [0.2, 0.25) is 0 Å². The van der Waals surface area contributed by atoms with Crippen molar-refractivity contribution in [1.82, 2.24) is 0 Å². The van der Waals surface area contributed by atoms with Crippen LogP contribution in [0.3, 0.4) is 0 Å². The van der Waals surface area contributed by atoms with Gasteiger partial charge in [0.2, 0.25) is 0 Å². The summed E-state index contributed by atoms with van der Waals surface area (Å²) in [5, 5.41) is 1.53. The van der Waals surface area contributed by atoms with E-state index in [2.05, 4.69) is 15.9 Å². The molecule has 0 amide bonds. The molecule has 132 valence electrons. The third-order valence-corrected chi connectivity index (χ3v) is 4.40. The van der Waals surface area contributed by atoms with E-state index >= 15 is 0 Å². The Morgan fingerprint density at radius 2 is 1.71 bits per heavy atom. The molecule has 0 unspecified atom stereocenters. The van der Waals surface area contributed by atoms with E-state index in [1.165, 1.54) is 19.3 Å². The number of esters is 2. The maximum atomic E-state index is 12.1. The molecule has 7 nitrogen and oxygen atoms in total. The van der Waals surface area contributed by atoms with Crippen molar-refractivity contribution in [3.05, 3.63) is 28.7 Å². The molecule has 2 rings (SSSR count). The van der Waals surface area contributed by atoms with Gasteiger partial charge in [-0.1, -0.05) is 15.9 Å². The van der Waals surface area contributed by atoms with Crippen LogP contribution >= 0.6 is 15.9 Å². The molecule has 0 spiro atoms. The molecular formula is C16H20BrNO6. The maximum Gasteiger partial charge on any atom is 0.322 e. The number of nitrogens with zero attached hydrogens (tertiary/aromatic N) is 1. The van der Waals surface area contributed by atoms with Gasteiger partial charge in [-0.3, -0.25) is 9.59 Å². The van der Waals surface area contributed by atoms with Gasteiger partial charge in [-0.05, 0) is 30.7 Å². The van der Waals surface area contributed by atoms with Gasteiger partial charge in [0.05, 0.1) is 25.9 Å². The van der Waals surface area contributed by atoms with Gasteiger partial charge in [0, 0.05) is 18.0 Å². The number of anilines is 1. The van der Waals surface area contributed by atoms with Crippen molar-refractivity contribution >= 4 is 33.6 Å². The molecule has 0 aliphatic carbocycles. The maximum absolute atomic E-state index is 12.1. The van der Waals surface area contributed by atoms with Crippen molar-refractivity contribution in [3.8, 4) is 0 Å². The molecule has 1 aromatic rings. The summed E-state index contributed by atoms with van der Waals surface area (Å²) in [5.41, 5.74) is 0.697. The van der Waals surface area contributed by atoms with Crippen LogP contribution in [0.25, 0.3) is 0 Å². The van der Waals surface area contributed by atoms with Crippen LogP contribution in [-0.4, -0.2) is 45.6 Å². The third kappa shape index (κ3) is 4.06. The number of carbonyl (C=O) groups excluding carboxylic acids is 2. The first-order valence-corrected chi connectivity index (χ1v) is 8.21. The molecular weight excluding hydrogens is 382 g/mol. The van der Waals surface area contributed by atoms with Crippen LogP contribution in [0, 0.1) is 5.92 Å². The van der Waals surface area contributed by atoms with E-state index in [4.69, 9.17) is 19.0 Å². The third-order valence-electron chi connectivity index (χ3n) is 3.87. The molecule has 1 heterocycles. The zero-order chi connectivity index (χ0) is 17.7. The molecule has 0 aromatic heterocycles. The summed E-state index contributed by atoms with van der Waals surface area (Å²) in [4.78, 5) is 30.1. The van der Waals surface area contributed by atoms with Crippen molar-refractivity contribution in [1.29, 1.82) is 0 Å². The number of hydrogen-bond acceptors (Lipinski definition) is 7. The Morgan fingerprint density at radius 1 is 1.12 bits per heavy atom. The SMILES string of the molecule is COC(=O)C(C(=O)OC)[C@H]1CC[C@H](OC)ON1c1ccc(Br)cc1. The number of benzene rings is 1. The number of hydrogen-bond donors (Lipinski definition) is 0. The van der Waals surface area contributed by atoms with Gasteiger partial charge in [-0.2, -0.15) is 0 Å². The normalized spacial score (nSPS) is 20.8. The molecule has 2 atom stereocenters. The average molecular weight is 402 g/mol. The molecule has 1 aliphatic rings. The standard InChI is InChI=1S/C16H20BrNO6/c1-21-13-9-8-12(14(15(19)22-2)16(20)23-3)18(24-13)11-6-4-10(17)5-7-11/h4-7,12-14H,8-9H2,1-3H3/t12-,13-/m1/s1. The van der Waals surface area contributed by atoms with Gasteiger partial charge in [0.1, 0.15) is 0 Å². The smallest absolute Gasteiger partial charge is 0.322 e. The fraction of sp³-hybridized carbons (Fsp3) is 0.500. The lowest BCUT2D eigenvalue weighted by atomic mass is 9.93. The van der Waals surface area contributed by atoms with E-state index in [9.17, 15) is 9.59 Å². The minimum absolute atomic E-state index is 0.458. The predicted octanol–water partition coefficient (Wildman–Crippen LogP) is 2.28. The molecule has 8 heteroatoms. The van der Waals surface area contributed by atoms with Gasteiger partial charge in [0.25, 0.3) is 0 Å². The first-order valence-electron chi connectivity index (χ1n) is 7.41. The van der Waals surface area contributed by atoms with E-state index in [0.29, 0.717) is 18.5 Å². The fourth-order valence-corrected chi connectivity index (χ4v) is 2.91. The number of hydroxylamine groups is 1. The number of halogens is 1. The van der Waals surface area contributed by atoms with Crippen molar-refractivity contribution in [2.45, 2.75) is 25.2 Å². The summed E-state index contributed by atoms with van der Waals surface area (Å²) in [6.07, 6.45) is 0.586. The number of carbonyl (C=O) groups is 2. The van der Waals surface area contributed by atoms with Crippen molar-refractivity contribution in [2.75, 3.05) is 26.4 Å². The van der Waals surface area contributed by atoms with Gasteiger partial charge in [-0.15, -0.1) is 0 Å². The van der Waals surface area contributed by atoms with Crippen LogP contribution in [0.1, 0.15) is 12.8 Å². The summed E-state index contributed by atoms with van der Waals surface area (Å²) in [7, 11) is 4.02. The second kappa shape index (κ2) is 8.46. The lowest BCUT2D eigenvalue weighted by Gasteiger charge is -2.41. The second-order valence-corrected chi connectivity index (χ2v) is 6.16. The van der Waals surface area contributed by atoms with E-state index < -0.39 is 30.2 Å². The molecule has 1 saturated heterocycles. The van der Waals surface area contributed by atoms with Crippen LogP contribution < -0.4 is 5.06 Å². The largest absolute Gasteiger partial charge is 0.468 e. The van der Waals surface area contributed by atoms with E-state index in [1.54, 1.807) is 7.11 Å². The summed E-state index contributed by atoms with van der Waals surface area (Å²) in [6.45, 7) is 0. The van der Waals surface area contributed by atoms with E-state index in [-0.39, 0.29) is 0 Å². The highest BCUT2D eigenvalue weighted by atomic mass is 79.9. The first kappa shape index (κ1) is 18.7. The topological polar surface area (TPSA) is 74.3 Å². The molecule has 24 heavy (non-hydrogen) atoms. The van der Waals surface area contributed by atoms with Gasteiger partial charge >= 0.3 is 11.9 Å². The molecule has 0 bridgehead atoms. The molecule has 1 aromatic carbocycles. The van der Waals surface area contributed by atoms with E-state index in [0.717, 1.165) is 4.47 Å². The van der Waals surface area contributed by atoms with Crippen molar-refractivity contribution in [3.63, 3.8) is 0 Å². The number of methoxy groups -OCH3 is 3. The molecule has 0 saturated carbocycles. The Bertz CT molecular complexity index is 562. The number of ether oxygens (including phenoxy) is 3. The van der Waals surface area contributed by atoms with Gasteiger partial charge < -0.3 is 14.2 Å². The van der Waals surface area contributed by atoms with Crippen LogP contribution in [0.15, 0.2) is 28.7 Å². The fourth-order valence-electron chi connectivity index (χ4n) is 2.65. The Morgan fingerprint density at radius 3 is 2.21 bits per heavy atom.